The van der Waals surface area contributed by atoms with Crippen molar-refractivity contribution in [1.29, 1.82) is 0 Å². The molecule has 4 nitrogen and oxygen atoms in total. The number of benzene rings is 1. The second-order valence-electron chi connectivity index (χ2n) is 4.62. The highest BCUT2D eigenvalue weighted by molar-refractivity contribution is 5.68. The molecule has 1 aromatic rings. The molecule has 1 aliphatic rings. The van der Waals surface area contributed by atoms with Crippen molar-refractivity contribution < 1.29 is 14.3 Å². The Morgan fingerprint density at radius 3 is 2.74 bits per heavy atom. The van der Waals surface area contributed by atoms with Crippen molar-refractivity contribution >= 4 is 6.09 Å². The maximum atomic E-state index is 12.0. The average Bonchev–Trinajstić information content (AvgIpc) is 2.89. The molecule has 0 N–H and O–H groups in total. The third kappa shape index (κ3) is 3.35. The fourth-order valence-electron chi connectivity index (χ4n) is 2.23. The first kappa shape index (κ1) is 13.6. The first-order chi connectivity index (χ1) is 9.24. The highest BCUT2D eigenvalue weighted by Gasteiger charge is 2.34. The second-order valence-corrected chi connectivity index (χ2v) is 4.62. The van der Waals surface area contributed by atoms with Crippen LogP contribution in [0, 0.1) is 5.92 Å². The van der Waals surface area contributed by atoms with Crippen LogP contribution in [0.15, 0.2) is 43.0 Å². The van der Waals surface area contributed by atoms with E-state index in [-0.39, 0.29) is 18.1 Å². The quantitative estimate of drug-likeness (QED) is 0.781. The Bertz CT molecular complexity index is 432. The van der Waals surface area contributed by atoms with Gasteiger partial charge >= 0.3 is 6.09 Å². The summed E-state index contributed by atoms with van der Waals surface area (Å²) in [6.45, 7) is 5.23. The number of carbonyl (C=O) groups is 1. The highest BCUT2D eigenvalue weighted by atomic mass is 16.6. The van der Waals surface area contributed by atoms with Crippen LogP contribution in [0.2, 0.25) is 0 Å². The molecule has 0 spiro atoms. The van der Waals surface area contributed by atoms with Crippen LogP contribution in [-0.4, -0.2) is 37.3 Å². The van der Waals surface area contributed by atoms with Crippen LogP contribution in [0.3, 0.4) is 0 Å². The van der Waals surface area contributed by atoms with Crippen LogP contribution >= 0.6 is 0 Å². The molecule has 1 saturated heterocycles. The summed E-state index contributed by atoms with van der Waals surface area (Å²) in [6.07, 6.45) is 1.55. The van der Waals surface area contributed by atoms with E-state index in [0.29, 0.717) is 19.7 Å². The van der Waals surface area contributed by atoms with Gasteiger partial charge in [0.1, 0.15) is 6.61 Å². The third-order valence-electron chi connectivity index (χ3n) is 3.38. The van der Waals surface area contributed by atoms with E-state index in [9.17, 15) is 4.79 Å². The van der Waals surface area contributed by atoms with Crippen molar-refractivity contribution in [1.82, 2.24) is 4.90 Å². The van der Waals surface area contributed by atoms with E-state index < -0.39 is 0 Å². The van der Waals surface area contributed by atoms with Crippen molar-refractivity contribution in [3.8, 4) is 0 Å². The third-order valence-corrected chi connectivity index (χ3v) is 3.38. The zero-order chi connectivity index (χ0) is 13.7. The van der Waals surface area contributed by atoms with Crippen molar-refractivity contribution in [3.63, 3.8) is 0 Å². The minimum Gasteiger partial charge on any atom is -0.445 e. The molecule has 0 bridgehead atoms. The van der Waals surface area contributed by atoms with Gasteiger partial charge in [-0.2, -0.15) is 0 Å². The molecule has 1 amide bonds. The Morgan fingerprint density at radius 1 is 1.42 bits per heavy atom. The van der Waals surface area contributed by atoms with Crippen LogP contribution in [0.25, 0.3) is 0 Å². The topological polar surface area (TPSA) is 38.8 Å². The Morgan fingerprint density at radius 2 is 2.16 bits per heavy atom. The highest BCUT2D eigenvalue weighted by Crippen LogP contribution is 2.21. The van der Waals surface area contributed by atoms with Crippen LogP contribution in [0.1, 0.15) is 5.56 Å². The number of ether oxygens (including phenoxy) is 2. The molecular weight excluding hydrogens is 242 g/mol. The lowest BCUT2D eigenvalue weighted by Crippen LogP contribution is -2.30. The van der Waals surface area contributed by atoms with Gasteiger partial charge in [0.05, 0.1) is 12.6 Å². The number of carbonyl (C=O) groups excluding carboxylic acids is 1. The summed E-state index contributed by atoms with van der Waals surface area (Å²) in [5.41, 5.74) is 0.985. The predicted octanol–water partition coefficient (Wildman–Crippen LogP) is 2.46. The van der Waals surface area contributed by atoms with Gasteiger partial charge in [0.25, 0.3) is 0 Å². The molecule has 102 valence electrons. The molecule has 0 unspecified atom stereocenters. The minimum atomic E-state index is -0.296. The normalized spacial score (nSPS) is 22.3. The van der Waals surface area contributed by atoms with Gasteiger partial charge in [-0.1, -0.05) is 36.4 Å². The van der Waals surface area contributed by atoms with Crippen LogP contribution in [-0.2, 0) is 16.1 Å². The molecule has 1 aromatic carbocycles. The molecular formula is C15H19NO3. The van der Waals surface area contributed by atoms with E-state index in [0.717, 1.165) is 5.56 Å². The monoisotopic (exact) mass is 261 g/mol. The van der Waals surface area contributed by atoms with Gasteiger partial charge in [-0.05, 0) is 5.56 Å². The molecule has 0 aromatic heterocycles. The number of methoxy groups -OCH3 is 1. The largest absolute Gasteiger partial charge is 0.445 e. The lowest BCUT2D eigenvalue weighted by molar-refractivity contribution is 0.0790. The molecule has 4 heteroatoms. The van der Waals surface area contributed by atoms with Gasteiger partial charge in [0, 0.05) is 19.6 Å². The maximum absolute atomic E-state index is 12.0. The fraction of sp³-hybridized carbons (Fsp3) is 0.400. The SMILES string of the molecule is C=C[C@H]1CN(C(=O)OCc2ccccc2)C[C@@H]1OC. The summed E-state index contributed by atoms with van der Waals surface area (Å²) in [5.74, 6) is 0.175. The van der Waals surface area contributed by atoms with E-state index in [1.165, 1.54) is 0 Å². The standard InChI is InChI=1S/C15H19NO3/c1-3-13-9-16(10-14(13)18-2)15(17)19-11-12-7-5-4-6-8-12/h3-8,13-14H,1,9-11H2,2H3/t13-,14-/m0/s1. The van der Waals surface area contributed by atoms with E-state index in [4.69, 9.17) is 9.47 Å². The zero-order valence-electron chi connectivity index (χ0n) is 11.1. The summed E-state index contributed by atoms with van der Waals surface area (Å²) in [6, 6.07) is 9.65. The lowest BCUT2D eigenvalue weighted by Gasteiger charge is -2.15. The Hall–Kier alpha value is -1.81. The Balaban J connectivity index is 1.86. The van der Waals surface area contributed by atoms with Crippen LogP contribution < -0.4 is 0 Å². The lowest BCUT2D eigenvalue weighted by atomic mass is 10.1. The molecule has 0 saturated carbocycles. The summed E-state index contributed by atoms with van der Waals surface area (Å²) in [4.78, 5) is 13.6. The number of likely N-dealkylation sites (tertiary alicyclic amines) is 1. The molecule has 2 atom stereocenters. The number of nitrogens with zero attached hydrogens (tertiary/aromatic N) is 1. The summed E-state index contributed by atoms with van der Waals surface area (Å²) in [7, 11) is 1.65. The number of amides is 1. The predicted molar refractivity (Wildman–Crippen MR) is 72.7 cm³/mol. The molecule has 19 heavy (non-hydrogen) atoms. The molecule has 1 heterocycles. The van der Waals surface area contributed by atoms with E-state index >= 15 is 0 Å². The zero-order valence-corrected chi connectivity index (χ0v) is 11.1. The molecule has 0 radical (unpaired) electrons. The van der Waals surface area contributed by atoms with Gasteiger partial charge in [-0.15, -0.1) is 6.58 Å². The van der Waals surface area contributed by atoms with Crippen LogP contribution in [0.4, 0.5) is 4.79 Å². The van der Waals surface area contributed by atoms with E-state index in [2.05, 4.69) is 6.58 Å². The van der Waals surface area contributed by atoms with Crippen molar-refractivity contribution in [2.75, 3.05) is 20.2 Å². The first-order valence-corrected chi connectivity index (χ1v) is 6.35. The van der Waals surface area contributed by atoms with E-state index in [1.807, 2.05) is 36.4 Å². The maximum Gasteiger partial charge on any atom is 0.410 e. The first-order valence-electron chi connectivity index (χ1n) is 6.35. The average molecular weight is 261 g/mol. The summed E-state index contributed by atoms with van der Waals surface area (Å²) in [5, 5.41) is 0. The Kier molecular flexibility index (Phi) is 4.58. The molecule has 1 fully saturated rings. The molecule has 1 aliphatic heterocycles. The van der Waals surface area contributed by atoms with E-state index in [1.54, 1.807) is 12.0 Å². The minimum absolute atomic E-state index is 0.0155. The van der Waals surface area contributed by atoms with Crippen molar-refractivity contribution in [2.45, 2.75) is 12.7 Å². The smallest absolute Gasteiger partial charge is 0.410 e. The molecule has 2 rings (SSSR count). The van der Waals surface area contributed by atoms with Crippen LogP contribution in [0.5, 0.6) is 0 Å². The van der Waals surface area contributed by atoms with Gasteiger partial charge in [0.15, 0.2) is 0 Å². The Labute approximate surface area is 113 Å². The number of rotatable bonds is 4. The number of hydrogen-bond acceptors (Lipinski definition) is 3. The van der Waals surface area contributed by atoms with Gasteiger partial charge in [-0.25, -0.2) is 4.79 Å². The molecule has 0 aliphatic carbocycles. The van der Waals surface area contributed by atoms with Gasteiger partial charge in [-0.3, -0.25) is 0 Å². The van der Waals surface area contributed by atoms with Crippen molar-refractivity contribution in [3.05, 3.63) is 48.6 Å². The number of hydrogen-bond donors (Lipinski definition) is 0. The summed E-state index contributed by atoms with van der Waals surface area (Å²) < 4.78 is 10.6. The second kappa shape index (κ2) is 6.38. The fourth-order valence-corrected chi connectivity index (χ4v) is 2.23. The van der Waals surface area contributed by atoms with Gasteiger partial charge in [0.2, 0.25) is 0 Å². The van der Waals surface area contributed by atoms with Gasteiger partial charge < -0.3 is 14.4 Å². The van der Waals surface area contributed by atoms with Crippen molar-refractivity contribution in [2.24, 2.45) is 5.92 Å². The summed E-state index contributed by atoms with van der Waals surface area (Å²) >= 11 is 0.